The smallest absolute Gasteiger partial charge is 0.160 e. The number of nitrogens with zero attached hydrogens (tertiary/aromatic N) is 4. The fraction of sp³-hybridized carbons (Fsp3) is 0. The molecule has 0 amide bonds. The first-order valence-corrected chi connectivity index (χ1v) is 18.5. The molecule has 0 saturated heterocycles. The van der Waals surface area contributed by atoms with Crippen molar-refractivity contribution in [1.82, 2.24) is 19.6 Å². The van der Waals surface area contributed by atoms with Gasteiger partial charge in [0.15, 0.2) is 5.82 Å². The van der Waals surface area contributed by atoms with Crippen LogP contribution in [0.25, 0.3) is 95.0 Å². The van der Waals surface area contributed by atoms with Crippen molar-refractivity contribution in [3.63, 3.8) is 0 Å². The van der Waals surface area contributed by atoms with Crippen LogP contribution in [0.2, 0.25) is 0 Å². The number of benzene rings is 7. The molecule has 0 unspecified atom stereocenters. The van der Waals surface area contributed by atoms with E-state index in [2.05, 4.69) is 187 Å². The third kappa shape index (κ3) is 6.06. The van der Waals surface area contributed by atoms with E-state index in [1.807, 2.05) is 24.3 Å². The van der Waals surface area contributed by atoms with Crippen molar-refractivity contribution in [2.45, 2.75) is 0 Å². The lowest BCUT2D eigenvalue weighted by Gasteiger charge is -2.12. The first-order chi connectivity index (χ1) is 27.3. The molecule has 0 N–H and O–H groups in total. The minimum atomic E-state index is 0.693. The summed E-state index contributed by atoms with van der Waals surface area (Å²) in [5.41, 5.74) is 14.6. The number of fused-ring (bicyclic) bond motifs is 3. The number of aromatic nitrogens is 4. The highest BCUT2D eigenvalue weighted by Gasteiger charge is 2.22. The van der Waals surface area contributed by atoms with Gasteiger partial charge in [-0.05, 0) is 34.2 Å². The van der Waals surface area contributed by atoms with Crippen molar-refractivity contribution in [2.24, 2.45) is 0 Å². The van der Waals surface area contributed by atoms with Gasteiger partial charge in [-0.2, -0.15) is 5.10 Å². The summed E-state index contributed by atoms with van der Waals surface area (Å²) >= 11 is 0. The second-order valence-corrected chi connectivity index (χ2v) is 13.7. The molecule has 4 heteroatoms. The van der Waals surface area contributed by atoms with Gasteiger partial charge in [-0.1, -0.05) is 194 Å². The zero-order valence-electron chi connectivity index (χ0n) is 29.9. The van der Waals surface area contributed by atoms with Gasteiger partial charge in [0.25, 0.3) is 0 Å². The molecular weight excluding hydrogens is 669 g/mol. The monoisotopic (exact) mass is 702 g/mol. The molecule has 0 radical (unpaired) electrons. The van der Waals surface area contributed by atoms with Crippen molar-refractivity contribution in [3.8, 4) is 78.7 Å². The van der Waals surface area contributed by atoms with Gasteiger partial charge in [0.2, 0.25) is 0 Å². The summed E-state index contributed by atoms with van der Waals surface area (Å²) in [5.74, 6) is 0.693. The summed E-state index contributed by atoms with van der Waals surface area (Å²) < 4.78 is 2.13. The Morgan fingerprint density at radius 2 is 0.800 bits per heavy atom. The molecule has 3 heterocycles. The summed E-state index contributed by atoms with van der Waals surface area (Å²) in [5, 5.41) is 7.70. The quantitative estimate of drug-likeness (QED) is 0.166. The number of hydrogen-bond acceptors (Lipinski definition) is 3. The average Bonchev–Trinajstić information content (AvgIpc) is 3.68. The lowest BCUT2D eigenvalue weighted by atomic mass is 9.95. The third-order valence-corrected chi connectivity index (χ3v) is 10.3. The van der Waals surface area contributed by atoms with Crippen LogP contribution in [0.5, 0.6) is 0 Å². The minimum absolute atomic E-state index is 0.693. The van der Waals surface area contributed by atoms with E-state index in [1.54, 1.807) is 0 Å². The lowest BCUT2D eigenvalue weighted by molar-refractivity contribution is 0.979. The standard InChI is InChI=1S/C51H34N4/c1-5-15-35(16-6-1)36-25-27-37(28-26-36)45-34-46(53-51(52-45)42-21-11-4-12-22-42)38-29-31-40(32-30-38)48-49(41-19-9-3-10-20-41)54-55-47(39-17-7-2-8-18-39)33-43-23-13-14-24-44(43)50(48)55/h1-34H. The van der Waals surface area contributed by atoms with Crippen LogP contribution in [-0.4, -0.2) is 19.6 Å². The summed E-state index contributed by atoms with van der Waals surface area (Å²) in [7, 11) is 0. The van der Waals surface area contributed by atoms with Crippen molar-refractivity contribution >= 4 is 16.3 Å². The Morgan fingerprint density at radius 1 is 0.345 bits per heavy atom. The van der Waals surface area contributed by atoms with Gasteiger partial charge >= 0.3 is 0 Å². The van der Waals surface area contributed by atoms with E-state index < -0.39 is 0 Å². The van der Waals surface area contributed by atoms with Crippen molar-refractivity contribution in [1.29, 1.82) is 0 Å². The summed E-state index contributed by atoms with van der Waals surface area (Å²) in [6.07, 6.45) is 0. The third-order valence-electron chi connectivity index (χ3n) is 10.3. The molecule has 258 valence electrons. The normalized spacial score (nSPS) is 11.3. The molecule has 0 aliphatic heterocycles. The van der Waals surface area contributed by atoms with Crippen LogP contribution >= 0.6 is 0 Å². The molecule has 7 aromatic carbocycles. The summed E-state index contributed by atoms with van der Waals surface area (Å²) in [4.78, 5) is 10.2. The zero-order chi connectivity index (χ0) is 36.6. The highest BCUT2D eigenvalue weighted by molar-refractivity contribution is 6.08. The molecule has 0 saturated carbocycles. The predicted molar refractivity (Wildman–Crippen MR) is 226 cm³/mol. The van der Waals surface area contributed by atoms with Gasteiger partial charge in [-0.15, -0.1) is 0 Å². The van der Waals surface area contributed by atoms with E-state index >= 15 is 0 Å². The van der Waals surface area contributed by atoms with Gasteiger partial charge in [-0.25, -0.2) is 14.5 Å². The topological polar surface area (TPSA) is 43.1 Å². The maximum Gasteiger partial charge on any atom is 0.160 e. The van der Waals surface area contributed by atoms with Crippen LogP contribution in [0, 0.1) is 0 Å². The fourth-order valence-corrected chi connectivity index (χ4v) is 7.51. The first-order valence-electron chi connectivity index (χ1n) is 18.5. The van der Waals surface area contributed by atoms with Crippen LogP contribution in [0.15, 0.2) is 206 Å². The molecule has 0 aliphatic carbocycles. The molecule has 0 atom stereocenters. The molecule has 0 spiro atoms. The van der Waals surface area contributed by atoms with E-state index in [1.165, 1.54) is 16.5 Å². The Bertz CT molecular complexity index is 2920. The van der Waals surface area contributed by atoms with E-state index in [-0.39, 0.29) is 0 Å². The van der Waals surface area contributed by atoms with Gasteiger partial charge in [-0.3, -0.25) is 0 Å². The SMILES string of the molecule is c1ccc(-c2ccc(-c3cc(-c4ccc(-c5c(-c6ccccc6)nn6c(-c7ccccc7)cc7ccccc7c56)cc4)nc(-c4ccccc4)n3)cc2)cc1. The lowest BCUT2D eigenvalue weighted by Crippen LogP contribution is -1.96. The fourth-order valence-electron chi connectivity index (χ4n) is 7.51. The van der Waals surface area contributed by atoms with Crippen LogP contribution in [0.4, 0.5) is 0 Å². The van der Waals surface area contributed by atoms with Crippen LogP contribution < -0.4 is 0 Å². The molecule has 0 fully saturated rings. The molecule has 4 nitrogen and oxygen atoms in total. The van der Waals surface area contributed by atoms with Crippen molar-refractivity contribution in [3.05, 3.63) is 206 Å². The minimum Gasteiger partial charge on any atom is -0.231 e. The highest BCUT2D eigenvalue weighted by atomic mass is 15.2. The largest absolute Gasteiger partial charge is 0.231 e. The van der Waals surface area contributed by atoms with Gasteiger partial charge in [0.05, 0.1) is 22.6 Å². The number of rotatable bonds is 7. The summed E-state index contributed by atoms with van der Waals surface area (Å²) in [6, 6.07) is 72.0. The Morgan fingerprint density at radius 3 is 1.40 bits per heavy atom. The molecular formula is C51H34N4. The maximum atomic E-state index is 5.38. The second-order valence-electron chi connectivity index (χ2n) is 13.7. The van der Waals surface area contributed by atoms with Crippen LogP contribution in [0.3, 0.4) is 0 Å². The zero-order valence-corrected chi connectivity index (χ0v) is 29.9. The molecule has 10 rings (SSSR count). The Hall–Kier alpha value is -7.43. The average molecular weight is 703 g/mol. The van der Waals surface area contributed by atoms with E-state index in [0.29, 0.717) is 5.82 Å². The number of pyridine rings is 1. The van der Waals surface area contributed by atoms with Gasteiger partial charge in [0, 0.05) is 38.8 Å². The molecule has 3 aromatic heterocycles. The Balaban J connectivity index is 1.13. The highest BCUT2D eigenvalue weighted by Crippen LogP contribution is 2.41. The number of hydrogen-bond donors (Lipinski definition) is 0. The van der Waals surface area contributed by atoms with E-state index in [9.17, 15) is 0 Å². The predicted octanol–water partition coefficient (Wildman–Crippen LogP) is 12.9. The first kappa shape index (κ1) is 32.2. The Labute approximate surface area is 319 Å². The van der Waals surface area contributed by atoms with Crippen LogP contribution in [0.1, 0.15) is 0 Å². The maximum absolute atomic E-state index is 5.38. The van der Waals surface area contributed by atoms with E-state index in [4.69, 9.17) is 15.1 Å². The molecule has 0 aliphatic rings. The van der Waals surface area contributed by atoms with Gasteiger partial charge < -0.3 is 0 Å². The van der Waals surface area contributed by atoms with Gasteiger partial charge in [0.1, 0.15) is 5.69 Å². The summed E-state index contributed by atoms with van der Waals surface area (Å²) in [6.45, 7) is 0. The molecule has 10 aromatic rings. The Kier molecular flexibility index (Phi) is 8.12. The molecule has 55 heavy (non-hydrogen) atoms. The van der Waals surface area contributed by atoms with E-state index in [0.717, 1.165) is 72.6 Å². The van der Waals surface area contributed by atoms with Crippen molar-refractivity contribution in [2.75, 3.05) is 0 Å². The molecule has 0 bridgehead atoms. The van der Waals surface area contributed by atoms with Crippen LogP contribution in [-0.2, 0) is 0 Å². The second kappa shape index (κ2) is 13.8. The van der Waals surface area contributed by atoms with Crippen molar-refractivity contribution < 1.29 is 0 Å².